The lowest BCUT2D eigenvalue weighted by Crippen LogP contribution is -2.32. The highest BCUT2D eigenvalue weighted by molar-refractivity contribution is 5.78. The van der Waals surface area contributed by atoms with Gasteiger partial charge in [0.1, 0.15) is 6.61 Å². The molecular formula is C16H17F3N2O3. The molecule has 1 saturated heterocycles. The van der Waals surface area contributed by atoms with Crippen LogP contribution in [0.25, 0.3) is 0 Å². The van der Waals surface area contributed by atoms with Gasteiger partial charge in [-0.05, 0) is 18.1 Å². The molecule has 1 aromatic carbocycles. The van der Waals surface area contributed by atoms with Crippen LogP contribution in [0.1, 0.15) is 29.9 Å². The lowest BCUT2D eigenvalue weighted by Gasteiger charge is -2.13. The van der Waals surface area contributed by atoms with Gasteiger partial charge in [-0.15, -0.1) is 0 Å². The molecule has 0 spiro atoms. The fraction of sp³-hybridized carbons (Fsp3) is 0.500. The molecule has 2 atom stereocenters. The number of hydrogen-bond donors (Lipinski definition) is 1. The number of alkyl halides is 3. The van der Waals surface area contributed by atoms with E-state index < -0.39 is 17.8 Å². The van der Waals surface area contributed by atoms with Crippen LogP contribution >= 0.6 is 0 Å². The number of hydrogen-bond acceptors (Lipinski definition) is 3. The summed E-state index contributed by atoms with van der Waals surface area (Å²) >= 11 is 0. The lowest BCUT2D eigenvalue weighted by atomic mass is 10.0. The number of nitrogens with one attached hydrogen (secondary N) is 1. The molecule has 2 fully saturated rings. The Morgan fingerprint density at radius 2 is 2.08 bits per heavy atom. The summed E-state index contributed by atoms with van der Waals surface area (Å²) < 4.78 is 43.8. The number of ether oxygens (including phenoxy) is 1. The predicted octanol–water partition coefficient (Wildman–Crippen LogP) is 2.52. The van der Waals surface area contributed by atoms with E-state index in [0.717, 1.165) is 6.07 Å². The lowest BCUT2D eigenvalue weighted by molar-refractivity contribution is -0.138. The van der Waals surface area contributed by atoms with E-state index in [9.17, 15) is 22.8 Å². The van der Waals surface area contributed by atoms with Crippen LogP contribution in [0.2, 0.25) is 0 Å². The van der Waals surface area contributed by atoms with Gasteiger partial charge in [-0.2, -0.15) is 13.2 Å². The third kappa shape index (κ3) is 3.63. The number of carbonyl (C=O) groups is 2. The van der Waals surface area contributed by atoms with E-state index >= 15 is 0 Å². The van der Waals surface area contributed by atoms with Crippen molar-refractivity contribution in [3.63, 3.8) is 0 Å². The Labute approximate surface area is 136 Å². The third-order valence-corrected chi connectivity index (χ3v) is 4.26. The van der Waals surface area contributed by atoms with Gasteiger partial charge in [0, 0.05) is 24.9 Å². The van der Waals surface area contributed by atoms with Gasteiger partial charge in [0.05, 0.1) is 12.1 Å². The zero-order valence-corrected chi connectivity index (χ0v) is 12.8. The van der Waals surface area contributed by atoms with Crippen molar-refractivity contribution in [2.24, 2.45) is 0 Å². The molecule has 8 heteroatoms. The number of rotatable bonds is 5. The Morgan fingerprint density at radius 1 is 1.33 bits per heavy atom. The van der Waals surface area contributed by atoms with E-state index in [1.165, 1.54) is 17.0 Å². The van der Waals surface area contributed by atoms with Crippen molar-refractivity contribution >= 4 is 12.0 Å². The molecule has 1 saturated carbocycles. The van der Waals surface area contributed by atoms with Gasteiger partial charge in [-0.1, -0.05) is 18.2 Å². The quantitative estimate of drug-likeness (QED) is 0.895. The van der Waals surface area contributed by atoms with Crippen molar-refractivity contribution in [3.05, 3.63) is 35.4 Å². The summed E-state index contributed by atoms with van der Waals surface area (Å²) in [6.07, 6.45) is -4.24. The van der Waals surface area contributed by atoms with Crippen molar-refractivity contribution < 1.29 is 27.5 Å². The molecule has 0 aromatic heterocycles. The smallest absolute Gasteiger partial charge is 0.416 e. The molecule has 1 aliphatic heterocycles. The van der Waals surface area contributed by atoms with E-state index in [2.05, 4.69) is 5.32 Å². The largest absolute Gasteiger partial charge is 0.448 e. The highest BCUT2D eigenvalue weighted by Crippen LogP contribution is 2.46. The molecule has 1 aromatic rings. The molecule has 130 valence electrons. The first-order valence-electron chi connectivity index (χ1n) is 7.73. The first kappa shape index (κ1) is 16.6. The van der Waals surface area contributed by atoms with Crippen LogP contribution in [0.5, 0.6) is 0 Å². The fourth-order valence-electron chi connectivity index (χ4n) is 2.92. The van der Waals surface area contributed by atoms with E-state index in [1.807, 2.05) is 0 Å². The zero-order chi connectivity index (χ0) is 17.3. The molecule has 24 heavy (non-hydrogen) atoms. The molecule has 2 amide bonds. The molecule has 1 N–H and O–H groups in total. The van der Waals surface area contributed by atoms with Gasteiger partial charge in [0.25, 0.3) is 0 Å². The van der Waals surface area contributed by atoms with Crippen molar-refractivity contribution in [2.45, 2.75) is 31.0 Å². The highest BCUT2D eigenvalue weighted by Gasteiger charge is 2.44. The van der Waals surface area contributed by atoms with Gasteiger partial charge in [0.2, 0.25) is 5.91 Å². The van der Waals surface area contributed by atoms with Crippen LogP contribution in [-0.4, -0.2) is 42.6 Å². The average Bonchev–Trinajstić information content (AvgIpc) is 3.16. The molecular weight excluding hydrogens is 325 g/mol. The van der Waals surface area contributed by atoms with Gasteiger partial charge < -0.3 is 15.0 Å². The zero-order valence-electron chi connectivity index (χ0n) is 12.8. The highest BCUT2D eigenvalue weighted by atomic mass is 19.4. The average molecular weight is 342 g/mol. The fourth-order valence-corrected chi connectivity index (χ4v) is 2.92. The van der Waals surface area contributed by atoms with E-state index in [0.29, 0.717) is 19.6 Å². The normalized spacial score (nSPS) is 23.1. The predicted molar refractivity (Wildman–Crippen MR) is 78.3 cm³/mol. The first-order valence-corrected chi connectivity index (χ1v) is 7.73. The molecule has 3 rings (SSSR count). The van der Waals surface area contributed by atoms with Gasteiger partial charge in [-0.25, -0.2) is 4.79 Å². The molecule has 0 bridgehead atoms. The van der Waals surface area contributed by atoms with E-state index in [-0.39, 0.29) is 36.4 Å². The van der Waals surface area contributed by atoms with Crippen molar-refractivity contribution in [1.82, 2.24) is 10.2 Å². The second-order valence-electron chi connectivity index (χ2n) is 5.95. The van der Waals surface area contributed by atoms with E-state index in [4.69, 9.17) is 4.74 Å². The summed E-state index contributed by atoms with van der Waals surface area (Å²) in [5.74, 6) is -0.588. The minimum Gasteiger partial charge on any atom is -0.448 e. The first-order chi connectivity index (χ1) is 11.4. The Morgan fingerprint density at radius 3 is 2.75 bits per heavy atom. The van der Waals surface area contributed by atoms with Gasteiger partial charge >= 0.3 is 12.3 Å². The number of nitrogens with zero attached hydrogens (tertiary/aromatic N) is 1. The van der Waals surface area contributed by atoms with Crippen molar-refractivity contribution in [3.8, 4) is 0 Å². The molecule has 2 unspecified atom stereocenters. The van der Waals surface area contributed by atoms with Crippen LogP contribution < -0.4 is 5.32 Å². The Kier molecular flexibility index (Phi) is 4.38. The number of benzene rings is 1. The molecule has 1 heterocycles. The Bertz CT molecular complexity index is 648. The standard InChI is InChI=1S/C16H17F3N2O3/c17-16(18,19)12-4-2-1-3-10(12)11-9-13(11)20-14(22)5-6-21-7-8-24-15(21)23/h1-4,11,13H,5-9H2,(H,20,22). The maximum Gasteiger partial charge on any atom is 0.416 e. The Hall–Kier alpha value is -2.25. The minimum atomic E-state index is -4.40. The second kappa shape index (κ2) is 6.33. The minimum absolute atomic E-state index is 0.110. The summed E-state index contributed by atoms with van der Waals surface area (Å²) in [6.45, 7) is 1.03. The van der Waals surface area contributed by atoms with Crippen LogP contribution in [0.15, 0.2) is 24.3 Å². The van der Waals surface area contributed by atoms with Crippen LogP contribution in [0.3, 0.4) is 0 Å². The van der Waals surface area contributed by atoms with Crippen LogP contribution in [0, 0.1) is 0 Å². The molecule has 5 nitrogen and oxygen atoms in total. The Balaban J connectivity index is 1.53. The summed E-state index contributed by atoms with van der Waals surface area (Å²) in [6, 6.07) is 5.16. The van der Waals surface area contributed by atoms with Crippen molar-refractivity contribution in [1.29, 1.82) is 0 Å². The maximum atomic E-state index is 13.0. The molecule has 2 aliphatic rings. The number of carbonyl (C=O) groups excluding carboxylic acids is 2. The summed E-state index contributed by atoms with van der Waals surface area (Å²) in [7, 11) is 0. The summed E-state index contributed by atoms with van der Waals surface area (Å²) in [4.78, 5) is 24.6. The van der Waals surface area contributed by atoms with Crippen molar-refractivity contribution in [2.75, 3.05) is 19.7 Å². The number of cyclic esters (lactones) is 1. The SMILES string of the molecule is O=C(CCN1CCOC1=O)NC1CC1c1ccccc1C(F)(F)F. The maximum absolute atomic E-state index is 13.0. The monoisotopic (exact) mass is 342 g/mol. The van der Waals surface area contributed by atoms with E-state index in [1.54, 1.807) is 6.07 Å². The topological polar surface area (TPSA) is 58.6 Å². The van der Waals surface area contributed by atoms with Gasteiger partial charge in [-0.3, -0.25) is 4.79 Å². The third-order valence-electron chi connectivity index (χ3n) is 4.26. The second-order valence-corrected chi connectivity index (χ2v) is 5.95. The van der Waals surface area contributed by atoms with Crippen LogP contribution in [-0.2, 0) is 15.7 Å². The molecule has 0 radical (unpaired) electrons. The van der Waals surface area contributed by atoms with Crippen LogP contribution in [0.4, 0.5) is 18.0 Å². The number of halogens is 3. The van der Waals surface area contributed by atoms with Gasteiger partial charge in [0.15, 0.2) is 0 Å². The summed E-state index contributed by atoms with van der Waals surface area (Å²) in [5, 5.41) is 2.73. The summed E-state index contributed by atoms with van der Waals surface area (Å²) in [5.41, 5.74) is -0.426. The molecule has 1 aliphatic carbocycles. The number of amides is 2.